The molecule has 0 bridgehead atoms. The van der Waals surface area contributed by atoms with Crippen molar-refractivity contribution in [3.63, 3.8) is 0 Å². The maximum Gasteiger partial charge on any atom is 0.0750 e. The minimum absolute atomic E-state index is 1.34. The van der Waals surface area contributed by atoms with Gasteiger partial charge < -0.3 is 0 Å². The van der Waals surface area contributed by atoms with Gasteiger partial charge in [-0.25, -0.2) is 0 Å². The fourth-order valence-electron chi connectivity index (χ4n) is 4.82. The molecule has 0 aromatic heterocycles. The Kier molecular flexibility index (Phi) is 15.9. The lowest BCUT2D eigenvalue weighted by Crippen LogP contribution is -2.60. The molecule has 26 heavy (non-hydrogen) atoms. The van der Waals surface area contributed by atoms with E-state index in [1.165, 1.54) is 101 Å². The molecule has 0 N–H and O–H groups in total. The normalized spacial score (nSPS) is 12.3. The van der Waals surface area contributed by atoms with Crippen molar-refractivity contribution in [3.8, 4) is 0 Å². The summed E-state index contributed by atoms with van der Waals surface area (Å²) in [5.41, 5.74) is 5.15. The first-order valence-electron chi connectivity index (χ1n) is 11.9. The van der Waals surface area contributed by atoms with Crippen molar-refractivity contribution >= 4 is 15.2 Å². The summed E-state index contributed by atoms with van der Waals surface area (Å²) in [4.78, 5) is 0. The first kappa shape index (κ1) is 25.9. The molecule has 0 aliphatic carbocycles. The standard InChI is InChI=1S/C24H50Si2/c1-7-13-17-21-25(11-5,22-18-14-8-2)26(12-6,23-19-15-9-3)24-20-16-10-4/h11-12H,5-10,13-24H2,1-4H3. The first-order chi connectivity index (χ1) is 12.6. The summed E-state index contributed by atoms with van der Waals surface area (Å²) in [6.07, 6.45) is 16.7. The summed E-state index contributed by atoms with van der Waals surface area (Å²) in [6, 6.07) is 6.02. The first-order valence-corrected chi connectivity index (χ1v) is 17.9. The van der Waals surface area contributed by atoms with Gasteiger partial charge in [-0.2, -0.15) is 0 Å². The van der Waals surface area contributed by atoms with Crippen molar-refractivity contribution in [1.29, 1.82) is 0 Å². The van der Waals surface area contributed by atoms with E-state index in [0.717, 1.165) is 0 Å². The molecular formula is C24H50Si2. The second-order valence-electron chi connectivity index (χ2n) is 8.55. The van der Waals surface area contributed by atoms with Crippen molar-refractivity contribution < 1.29 is 0 Å². The van der Waals surface area contributed by atoms with Gasteiger partial charge in [0.25, 0.3) is 0 Å². The van der Waals surface area contributed by atoms with E-state index >= 15 is 0 Å². The van der Waals surface area contributed by atoms with Crippen molar-refractivity contribution in [2.45, 2.75) is 129 Å². The van der Waals surface area contributed by atoms with Gasteiger partial charge in [-0.3, -0.25) is 0 Å². The van der Waals surface area contributed by atoms with Gasteiger partial charge in [0, 0.05) is 0 Å². The maximum absolute atomic E-state index is 4.51. The topological polar surface area (TPSA) is 0 Å². The van der Waals surface area contributed by atoms with Gasteiger partial charge in [0.05, 0.1) is 15.2 Å². The average Bonchev–Trinajstić information content (AvgIpc) is 2.66. The fourth-order valence-corrected chi connectivity index (χ4v) is 23.0. The highest BCUT2D eigenvalue weighted by atomic mass is 29.3. The highest BCUT2D eigenvalue weighted by Gasteiger charge is 2.48. The molecule has 0 aliphatic rings. The van der Waals surface area contributed by atoms with E-state index in [2.05, 4.69) is 52.3 Å². The molecule has 0 heterocycles. The van der Waals surface area contributed by atoms with Gasteiger partial charge in [0.1, 0.15) is 0 Å². The van der Waals surface area contributed by atoms with Gasteiger partial charge in [-0.05, 0) is 0 Å². The highest BCUT2D eigenvalue weighted by Crippen LogP contribution is 2.40. The molecule has 0 spiro atoms. The Morgan fingerprint density at radius 2 is 0.692 bits per heavy atom. The molecule has 0 aromatic carbocycles. The predicted octanol–water partition coefficient (Wildman–Crippen LogP) is 9.17. The van der Waals surface area contributed by atoms with Crippen LogP contribution < -0.4 is 0 Å². The van der Waals surface area contributed by atoms with Crippen LogP contribution in [0.5, 0.6) is 0 Å². The second kappa shape index (κ2) is 15.9. The van der Waals surface area contributed by atoms with E-state index in [-0.39, 0.29) is 0 Å². The van der Waals surface area contributed by atoms with Gasteiger partial charge in [0.15, 0.2) is 0 Å². The summed E-state index contributed by atoms with van der Waals surface area (Å²) in [6.45, 7) is 18.4. The van der Waals surface area contributed by atoms with Crippen LogP contribution in [0.15, 0.2) is 24.6 Å². The van der Waals surface area contributed by atoms with Crippen LogP contribution >= 0.6 is 0 Å². The summed E-state index contributed by atoms with van der Waals surface area (Å²) < 4.78 is 0. The molecule has 2 heteroatoms. The molecule has 0 atom stereocenters. The Hall–Kier alpha value is -0.0862. The minimum Gasteiger partial charge on any atom is -0.107 e. The van der Waals surface area contributed by atoms with Gasteiger partial charge in [0.2, 0.25) is 0 Å². The third kappa shape index (κ3) is 8.29. The van der Waals surface area contributed by atoms with Crippen LogP contribution in [0.25, 0.3) is 0 Å². The van der Waals surface area contributed by atoms with Crippen LogP contribution in [0.2, 0.25) is 24.2 Å². The van der Waals surface area contributed by atoms with E-state index in [1.807, 2.05) is 0 Å². The number of hydrogen-bond donors (Lipinski definition) is 0. The largest absolute Gasteiger partial charge is 0.107 e. The van der Waals surface area contributed by atoms with E-state index in [9.17, 15) is 0 Å². The minimum atomic E-state index is -1.44. The Labute approximate surface area is 168 Å². The molecule has 154 valence electrons. The number of rotatable bonds is 19. The Morgan fingerprint density at radius 1 is 0.462 bits per heavy atom. The Bertz CT molecular complexity index is 294. The summed E-state index contributed by atoms with van der Waals surface area (Å²) in [5, 5.41) is 0. The lowest BCUT2D eigenvalue weighted by molar-refractivity contribution is 0.733. The quantitative estimate of drug-likeness (QED) is 0.151. The zero-order chi connectivity index (χ0) is 19.7. The Balaban J connectivity index is 5.63. The van der Waals surface area contributed by atoms with E-state index < -0.39 is 15.2 Å². The molecule has 0 saturated heterocycles. The van der Waals surface area contributed by atoms with Crippen LogP contribution in [-0.4, -0.2) is 15.2 Å². The second-order valence-corrected chi connectivity index (χ2v) is 22.0. The SMILES string of the molecule is C=C[Si](CCCCC)(CCCCC)[Si](C=C)(CCCCC)CCCCC. The van der Waals surface area contributed by atoms with Crippen LogP contribution in [0, 0.1) is 0 Å². The third-order valence-electron chi connectivity index (χ3n) is 6.68. The molecule has 0 fully saturated rings. The maximum atomic E-state index is 4.51. The lowest BCUT2D eigenvalue weighted by atomic mass is 10.3. The van der Waals surface area contributed by atoms with Crippen molar-refractivity contribution in [2.24, 2.45) is 0 Å². The monoisotopic (exact) mass is 394 g/mol. The molecule has 0 amide bonds. The molecular weight excluding hydrogens is 344 g/mol. The summed E-state index contributed by atoms with van der Waals surface area (Å²) >= 11 is 0. The van der Waals surface area contributed by atoms with E-state index in [1.54, 1.807) is 0 Å². The summed E-state index contributed by atoms with van der Waals surface area (Å²) in [7, 11) is -2.88. The molecule has 0 radical (unpaired) electrons. The van der Waals surface area contributed by atoms with Crippen LogP contribution in [0.3, 0.4) is 0 Å². The van der Waals surface area contributed by atoms with Crippen molar-refractivity contribution in [3.05, 3.63) is 24.6 Å². The average molecular weight is 395 g/mol. The molecule has 0 unspecified atom stereocenters. The zero-order valence-electron chi connectivity index (χ0n) is 18.9. The van der Waals surface area contributed by atoms with Crippen LogP contribution in [0.4, 0.5) is 0 Å². The zero-order valence-corrected chi connectivity index (χ0v) is 20.9. The third-order valence-corrected chi connectivity index (χ3v) is 25.4. The van der Waals surface area contributed by atoms with Crippen LogP contribution in [-0.2, 0) is 0 Å². The van der Waals surface area contributed by atoms with Gasteiger partial charge in [-0.1, -0.05) is 129 Å². The van der Waals surface area contributed by atoms with Crippen LogP contribution in [0.1, 0.15) is 105 Å². The summed E-state index contributed by atoms with van der Waals surface area (Å²) in [5.74, 6) is 0. The predicted molar refractivity (Wildman–Crippen MR) is 129 cm³/mol. The van der Waals surface area contributed by atoms with Gasteiger partial charge >= 0.3 is 0 Å². The molecule has 0 rings (SSSR count). The molecule has 0 aliphatic heterocycles. The van der Waals surface area contributed by atoms with Gasteiger partial charge in [-0.15, -0.1) is 24.6 Å². The fraction of sp³-hybridized carbons (Fsp3) is 0.833. The highest BCUT2D eigenvalue weighted by molar-refractivity contribution is 7.46. The molecule has 0 nitrogen and oxygen atoms in total. The Morgan fingerprint density at radius 3 is 0.846 bits per heavy atom. The van der Waals surface area contributed by atoms with Crippen molar-refractivity contribution in [1.82, 2.24) is 0 Å². The van der Waals surface area contributed by atoms with E-state index in [4.69, 9.17) is 0 Å². The molecule has 0 saturated carbocycles. The van der Waals surface area contributed by atoms with Crippen molar-refractivity contribution in [2.75, 3.05) is 0 Å². The lowest BCUT2D eigenvalue weighted by Gasteiger charge is -2.46. The van der Waals surface area contributed by atoms with E-state index in [0.29, 0.717) is 0 Å². The smallest absolute Gasteiger partial charge is 0.0750 e. The number of hydrogen-bond acceptors (Lipinski definition) is 0. The molecule has 0 aromatic rings. The number of unbranched alkanes of at least 4 members (excludes halogenated alkanes) is 8.